The van der Waals surface area contributed by atoms with Crippen LogP contribution in [0.3, 0.4) is 0 Å². The lowest BCUT2D eigenvalue weighted by molar-refractivity contribution is -0.119. The fraction of sp³-hybridized carbons (Fsp3) is 0.176. The van der Waals surface area contributed by atoms with Gasteiger partial charge < -0.3 is 10.1 Å². The van der Waals surface area contributed by atoms with Gasteiger partial charge >= 0.3 is 5.97 Å². The third kappa shape index (κ3) is 4.29. The van der Waals surface area contributed by atoms with Gasteiger partial charge in [0.2, 0.25) is 0 Å². The summed E-state index contributed by atoms with van der Waals surface area (Å²) in [5, 5.41) is 2.61. The molecule has 0 aliphatic rings. The molecule has 6 heteroatoms. The summed E-state index contributed by atoms with van der Waals surface area (Å²) in [5.74, 6) is -1.81. The molecule has 0 aliphatic heterocycles. The van der Waals surface area contributed by atoms with Gasteiger partial charge in [-0.1, -0.05) is 23.7 Å². The monoisotopic (exact) mass is 335 g/mol. The highest BCUT2D eigenvalue weighted by Crippen LogP contribution is 2.19. The van der Waals surface area contributed by atoms with E-state index in [1.54, 1.807) is 6.07 Å². The molecule has 2 rings (SSSR count). The molecule has 1 amide bonds. The second-order valence-electron chi connectivity index (χ2n) is 5.00. The van der Waals surface area contributed by atoms with Gasteiger partial charge in [-0.15, -0.1) is 0 Å². The standard InChI is InChI=1S/C17H15ClFNO3/c1-10-4-3-5-15(11(10)2)20-16(21)9-23-17(22)13-7-6-12(19)8-14(13)18/h3-8H,9H2,1-2H3,(H,20,21). The predicted octanol–water partition coefficient (Wildman–Crippen LogP) is 3.89. The number of halogens is 2. The number of amides is 1. The van der Waals surface area contributed by atoms with Crippen molar-refractivity contribution in [2.45, 2.75) is 13.8 Å². The summed E-state index contributed by atoms with van der Waals surface area (Å²) in [5.41, 5.74) is 2.64. The number of aryl methyl sites for hydroxylation is 1. The first-order chi connectivity index (χ1) is 10.9. The Balaban J connectivity index is 1.96. The predicted molar refractivity (Wildman–Crippen MR) is 86.2 cm³/mol. The molecule has 0 unspecified atom stereocenters. The van der Waals surface area contributed by atoms with E-state index in [0.717, 1.165) is 23.3 Å². The van der Waals surface area contributed by atoms with Crippen LogP contribution in [-0.4, -0.2) is 18.5 Å². The zero-order valence-electron chi connectivity index (χ0n) is 12.7. The maximum atomic E-state index is 12.9. The van der Waals surface area contributed by atoms with Crippen LogP contribution >= 0.6 is 11.6 Å². The van der Waals surface area contributed by atoms with Crippen LogP contribution < -0.4 is 5.32 Å². The summed E-state index contributed by atoms with van der Waals surface area (Å²) in [6.07, 6.45) is 0. The molecule has 2 aromatic carbocycles. The topological polar surface area (TPSA) is 55.4 Å². The van der Waals surface area contributed by atoms with Crippen LogP contribution in [0.1, 0.15) is 21.5 Å². The van der Waals surface area contributed by atoms with Gasteiger partial charge in [-0.3, -0.25) is 4.79 Å². The summed E-state index contributed by atoms with van der Waals surface area (Å²) in [4.78, 5) is 23.7. The van der Waals surface area contributed by atoms with Crippen molar-refractivity contribution in [1.82, 2.24) is 0 Å². The molecule has 0 heterocycles. The molecular weight excluding hydrogens is 321 g/mol. The summed E-state index contributed by atoms with van der Waals surface area (Å²) < 4.78 is 17.8. The van der Waals surface area contributed by atoms with Crippen LogP contribution in [0, 0.1) is 19.7 Å². The molecule has 23 heavy (non-hydrogen) atoms. The number of benzene rings is 2. The minimum atomic E-state index is -0.786. The number of hydrogen-bond donors (Lipinski definition) is 1. The van der Waals surface area contributed by atoms with Gasteiger partial charge in [0.1, 0.15) is 5.82 Å². The van der Waals surface area contributed by atoms with E-state index >= 15 is 0 Å². The van der Waals surface area contributed by atoms with Gasteiger partial charge in [-0.25, -0.2) is 9.18 Å². The van der Waals surface area contributed by atoms with Crippen molar-refractivity contribution >= 4 is 29.2 Å². The lowest BCUT2D eigenvalue weighted by atomic mass is 10.1. The summed E-state index contributed by atoms with van der Waals surface area (Å²) in [7, 11) is 0. The fourth-order valence-electron chi connectivity index (χ4n) is 1.94. The maximum Gasteiger partial charge on any atom is 0.340 e. The van der Waals surface area contributed by atoms with Gasteiger partial charge in [0.05, 0.1) is 10.6 Å². The second-order valence-corrected chi connectivity index (χ2v) is 5.40. The first-order valence-corrected chi connectivity index (χ1v) is 7.24. The van der Waals surface area contributed by atoms with Crippen molar-refractivity contribution in [3.8, 4) is 0 Å². The quantitative estimate of drug-likeness (QED) is 0.862. The number of esters is 1. The number of carbonyl (C=O) groups is 2. The molecule has 0 saturated heterocycles. The number of anilines is 1. The Bertz CT molecular complexity index is 761. The van der Waals surface area contributed by atoms with E-state index in [0.29, 0.717) is 5.69 Å². The first kappa shape index (κ1) is 17.0. The van der Waals surface area contributed by atoms with E-state index in [1.165, 1.54) is 6.07 Å². The fourth-order valence-corrected chi connectivity index (χ4v) is 2.18. The zero-order chi connectivity index (χ0) is 17.0. The molecule has 0 fully saturated rings. The minimum Gasteiger partial charge on any atom is -0.452 e. The average molecular weight is 336 g/mol. The first-order valence-electron chi connectivity index (χ1n) is 6.86. The molecular formula is C17H15ClFNO3. The molecule has 0 spiro atoms. The second kappa shape index (κ2) is 7.24. The molecule has 0 bridgehead atoms. The van der Waals surface area contributed by atoms with Crippen molar-refractivity contribution in [1.29, 1.82) is 0 Å². The molecule has 0 aromatic heterocycles. The Morgan fingerprint density at radius 3 is 2.65 bits per heavy atom. The van der Waals surface area contributed by atoms with E-state index in [1.807, 2.05) is 26.0 Å². The molecule has 0 aliphatic carbocycles. The van der Waals surface area contributed by atoms with Crippen LogP contribution in [0.25, 0.3) is 0 Å². The molecule has 0 atom stereocenters. The van der Waals surface area contributed by atoms with E-state index in [-0.39, 0.29) is 10.6 Å². The van der Waals surface area contributed by atoms with E-state index in [2.05, 4.69) is 5.32 Å². The third-order valence-electron chi connectivity index (χ3n) is 3.36. The Morgan fingerprint density at radius 2 is 1.96 bits per heavy atom. The molecule has 4 nitrogen and oxygen atoms in total. The molecule has 1 N–H and O–H groups in total. The van der Waals surface area contributed by atoms with Crippen molar-refractivity contribution in [3.05, 3.63) is 63.9 Å². The van der Waals surface area contributed by atoms with E-state index in [4.69, 9.17) is 16.3 Å². The van der Waals surface area contributed by atoms with Crippen LogP contribution in [0.5, 0.6) is 0 Å². The van der Waals surface area contributed by atoms with Gasteiger partial charge in [0, 0.05) is 5.69 Å². The number of nitrogens with one attached hydrogen (secondary N) is 1. The smallest absolute Gasteiger partial charge is 0.340 e. The Labute approximate surface area is 138 Å². The van der Waals surface area contributed by atoms with Crippen molar-refractivity contribution in [3.63, 3.8) is 0 Å². The average Bonchev–Trinajstić information content (AvgIpc) is 2.49. The lowest BCUT2D eigenvalue weighted by Crippen LogP contribution is -2.21. The normalized spacial score (nSPS) is 10.3. The zero-order valence-corrected chi connectivity index (χ0v) is 13.4. The Kier molecular flexibility index (Phi) is 5.34. The number of hydrogen-bond acceptors (Lipinski definition) is 3. The van der Waals surface area contributed by atoms with Gasteiger partial charge in [-0.05, 0) is 49.2 Å². The summed E-state index contributed by atoms with van der Waals surface area (Å²) in [6, 6.07) is 8.83. The lowest BCUT2D eigenvalue weighted by Gasteiger charge is -2.11. The van der Waals surface area contributed by atoms with Crippen LogP contribution in [0.4, 0.5) is 10.1 Å². The van der Waals surface area contributed by atoms with Crippen molar-refractivity contribution in [2.24, 2.45) is 0 Å². The van der Waals surface area contributed by atoms with E-state index in [9.17, 15) is 14.0 Å². The number of rotatable bonds is 4. The molecule has 120 valence electrons. The highest BCUT2D eigenvalue weighted by Gasteiger charge is 2.15. The highest BCUT2D eigenvalue weighted by molar-refractivity contribution is 6.33. The number of carbonyl (C=O) groups excluding carboxylic acids is 2. The van der Waals surface area contributed by atoms with Gasteiger partial charge in [0.15, 0.2) is 6.61 Å². The maximum absolute atomic E-state index is 12.9. The van der Waals surface area contributed by atoms with Crippen molar-refractivity contribution in [2.75, 3.05) is 11.9 Å². The Hall–Kier alpha value is -2.40. The van der Waals surface area contributed by atoms with Gasteiger partial charge in [0.25, 0.3) is 5.91 Å². The Morgan fingerprint density at radius 1 is 1.22 bits per heavy atom. The van der Waals surface area contributed by atoms with Crippen LogP contribution in [0.15, 0.2) is 36.4 Å². The summed E-state index contributed by atoms with van der Waals surface area (Å²) >= 11 is 5.77. The minimum absolute atomic E-state index is 0.00704. The third-order valence-corrected chi connectivity index (χ3v) is 3.68. The SMILES string of the molecule is Cc1cccc(NC(=O)COC(=O)c2ccc(F)cc2Cl)c1C. The highest BCUT2D eigenvalue weighted by atomic mass is 35.5. The van der Waals surface area contributed by atoms with Crippen molar-refractivity contribution < 1.29 is 18.7 Å². The molecule has 0 radical (unpaired) electrons. The molecule has 0 saturated carbocycles. The number of ether oxygens (including phenoxy) is 1. The summed E-state index contributed by atoms with van der Waals surface area (Å²) in [6.45, 7) is 3.36. The van der Waals surface area contributed by atoms with Crippen LogP contribution in [-0.2, 0) is 9.53 Å². The molecule has 2 aromatic rings. The van der Waals surface area contributed by atoms with Gasteiger partial charge in [-0.2, -0.15) is 0 Å². The largest absolute Gasteiger partial charge is 0.452 e. The van der Waals surface area contributed by atoms with E-state index < -0.39 is 24.3 Å². The van der Waals surface area contributed by atoms with Crippen LogP contribution in [0.2, 0.25) is 5.02 Å².